The summed E-state index contributed by atoms with van der Waals surface area (Å²) in [5.74, 6) is -18.1. The Labute approximate surface area is 182 Å². The van der Waals surface area contributed by atoms with Crippen molar-refractivity contribution >= 4 is 9.05 Å². The quantitative estimate of drug-likeness (QED) is 0.378. The maximum absolute atomic E-state index is 12.1. The average Bonchev–Trinajstić information content (AvgIpc) is 2.59. The third-order valence-electron chi connectivity index (χ3n) is 2.35. The Morgan fingerprint density at radius 1 is 0.821 bits per heavy atom. The van der Waals surface area contributed by atoms with E-state index in [9.17, 15) is 35.1 Å². The summed E-state index contributed by atoms with van der Waals surface area (Å²) in [6.07, 6.45) is -4.95. The molecule has 16 heteroatoms. The first kappa shape index (κ1) is 42.5. The molecule has 0 aliphatic rings. The summed E-state index contributed by atoms with van der Waals surface area (Å²) in [7, 11) is 4.01. The summed E-state index contributed by atoms with van der Waals surface area (Å²) in [5.41, 5.74) is 0. The minimum Gasteiger partial charge on any atom is -0.857 e. The van der Waals surface area contributed by atoms with Gasteiger partial charge in [0.25, 0.3) is 0 Å². The third-order valence-corrected chi connectivity index (χ3v) is 4.35. The molecule has 0 saturated carbocycles. The molecular weight excluding hydrogens is 443 g/mol. The minimum atomic E-state index is -6.30. The molecule has 0 aromatic heterocycles. The molecule has 0 rings (SSSR count). The van der Waals surface area contributed by atoms with Crippen molar-refractivity contribution in [3.05, 3.63) is 0 Å². The Bertz CT molecular complexity index is 335. The maximum atomic E-state index is 12.1. The standard InChI is InChI=1S/C5H4F8O.C4H12O4Si.CH3O.2CH4.Na/c6-2(7)4(10,11)5(12,13)3(8,9)1-14;1-5-9(6-2,7-3)8-4;1-2;;;/h2,14H,1H2;1-4H3;1H3;2*1H4;/q;;-1;;;+1. The second-order valence-corrected chi connectivity index (χ2v) is 6.31. The van der Waals surface area contributed by atoms with Crippen LogP contribution in [0.2, 0.25) is 0 Å². The van der Waals surface area contributed by atoms with Gasteiger partial charge in [0.05, 0.1) is 0 Å². The van der Waals surface area contributed by atoms with Crippen LogP contribution in [-0.2, 0) is 17.7 Å². The molecule has 0 aliphatic carbocycles. The SMILES string of the molecule is C.C.CO[Si](OC)(OC)OC.C[O-].OCC(F)(F)C(F)(F)C(F)(F)C(F)F.[Na+]. The molecule has 0 fully saturated rings. The fourth-order valence-corrected chi connectivity index (χ4v) is 1.98. The van der Waals surface area contributed by atoms with Crippen LogP contribution in [0.1, 0.15) is 14.9 Å². The van der Waals surface area contributed by atoms with Crippen molar-refractivity contribution in [1.29, 1.82) is 0 Å². The number of aliphatic hydroxyl groups is 1. The maximum Gasteiger partial charge on any atom is 1.00 e. The van der Waals surface area contributed by atoms with Crippen molar-refractivity contribution in [3.63, 3.8) is 0 Å². The van der Waals surface area contributed by atoms with Crippen LogP contribution >= 0.6 is 0 Å². The predicted octanol–water partition coefficient (Wildman–Crippen LogP) is -0.590. The normalized spacial score (nSPS) is 11.6. The van der Waals surface area contributed by atoms with Crippen LogP contribution in [0, 0.1) is 0 Å². The van der Waals surface area contributed by atoms with Gasteiger partial charge in [-0.3, -0.25) is 0 Å². The number of hydrogen-bond donors (Lipinski definition) is 1. The molecular formula is C12H27F8NaO6Si. The van der Waals surface area contributed by atoms with Gasteiger partial charge < -0.3 is 27.9 Å². The number of hydrogen-bond acceptors (Lipinski definition) is 6. The van der Waals surface area contributed by atoms with Crippen LogP contribution in [-0.4, -0.2) is 80.5 Å². The molecule has 28 heavy (non-hydrogen) atoms. The molecule has 0 aromatic carbocycles. The van der Waals surface area contributed by atoms with Crippen LogP contribution < -0.4 is 34.7 Å². The summed E-state index contributed by atoms with van der Waals surface area (Å²) in [6, 6.07) is 0. The molecule has 1 N–H and O–H groups in total. The van der Waals surface area contributed by atoms with Crippen molar-refractivity contribution in [2.24, 2.45) is 0 Å². The number of halogens is 8. The molecule has 0 radical (unpaired) electrons. The van der Waals surface area contributed by atoms with E-state index in [1.165, 1.54) is 28.4 Å². The molecule has 0 aromatic rings. The fraction of sp³-hybridized carbons (Fsp3) is 1.00. The van der Waals surface area contributed by atoms with E-state index in [1.54, 1.807) is 0 Å². The Morgan fingerprint density at radius 2 is 1.07 bits per heavy atom. The molecule has 0 bridgehead atoms. The van der Waals surface area contributed by atoms with E-state index in [0.717, 1.165) is 7.11 Å². The summed E-state index contributed by atoms with van der Waals surface area (Å²) in [5, 5.41) is 15.9. The topological polar surface area (TPSA) is 80.2 Å². The van der Waals surface area contributed by atoms with Gasteiger partial charge in [-0.15, -0.1) is 0 Å². The largest absolute Gasteiger partial charge is 1.00 e. The molecule has 6 nitrogen and oxygen atoms in total. The van der Waals surface area contributed by atoms with E-state index in [4.69, 9.17) is 27.9 Å². The molecule has 0 saturated heterocycles. The van der Waals surface area contributed by atoms with Crippen molar-refractivity contribution in [1.82, 2.24) is 0 Å². The van der Waals surface area contributed by atoms with Crippen LogP contribution in [0.25, 0.3) is 0 Å². The van der Waals surface area contributed by atoms with Crippen LogP contribution in [0.4, 0.5) is 35.1 Å². The first-order chi connectivity index (χ1) is 11.2. The Balaban J connectivity index is -0.0000000763. The average molecular weight is 470 g/mol. The van der Waals surface area contributed by atoms with Crippen LogP contribution in [0.5, 0.6) is 0 Å². The van der Waals surface area contributed by atoms with E-state index < -0.39 is 39.8 Å². The Morgan fingerprint density at radius 3 is 1.18 bits per heavy atom. The van der Waals surface area contributed by atoms with Crippen molar-refractivity contribution < 1.29 is 92.6 Å². The molecule has 0 atom stereocenters. The van der Waals surface area contributed by atoms with Gasteiger partial charge in [-0.05, 0) is 0 Å². The second kappa shape index (κ2) is 18.2. The molecule has 0 aliphatic heterocycles. The van der Waals surface area contributed by atoms with Gasteiger partial charge in [0.1, 0.15) is 6.61 Å². The van der Waals surface area contributed by atoms with Crippen LogP contribution in [0.3, 0.4) is 0 Å². The zero-order valence-electron chi connectivity index (χ0n) is 14.8. The van der Waals surface area contributed by atoms with E-state index in [0.29, 0.717) is 0 Å². The first-order valence-corrected chi connectivity index (χ1v) is 7.52. The number of aliphatic hydroxyl groups excluding tert-OH is 1. The summed E-state index contributed by atoms with van der Waals surface area (Å²) < 4.78 is 114. The Kier molecular flexibility index (Phi) is 27.6. The monoisotopic (exact) mass is 470 g/mol. The molecule has 0 heterocycles. The molecule has 0 unspecified atom stereocenters. The summed E-state index contributed by atoms with van der Waals surface area (Å²) in [6.45, 7) is -2.65. The molecule has 172 valence electrons. The van der Waals surface area contributed by atoms with Gasteiger partial charge in [0.15, 0.2) is 0 Å². The second-order valence-electron chi connectivity index (χ2n) is 3.68. The van der Waals surface area contributed by atoms with E-state index >= 15 is 0 Å². The minimum absolute atomic E-state index is 0. The van der Waals surface area contributed by atoms with Crippen molar-refractivity contribution in [2.75, 3.05) is 42.2 Å². The van der Waals surface area contributed by atoms with Crippen LogP contribution in [0.15, 0.2) is 0 Å². The summed E-state index contributed by atoms with van der Waals surface area (Å²) in [4.78, 5) is 0. The smallest absolute Gasteiger partial charge is 0.857 e. The van der Waals surface area contributed by atoms with Crippen molar-refractivity contribution in [3.8, 4) is 0 Å². The van der Waals surface area contributed by atoms with E-state index in [2.05, 4.69) is 0 Å². The van der Waals surface area contributed by atoms with E-state index in [-0.39, 0.29) is 44.4 Å². The van der Waals surface area contributed by atoms with Gasteiger partial charge in [0, 0.05) is 28.4 Å². The van der Waals surface area contributed by atoms with Gasteiger partial charge in [-0.25, -0.2) is 8.78 Å². The predicted molar refractivity (Wildman–Crippen MR) is 81.1 cm³/mol. The van der Waals surface area contributed by atoms with E-state index in [1.807, 2.05) is 0 Å². The fourth-order valence-electron chi connectivity index (χ4n) is 0.980. The van der Waals surface area contributed by atoms with Gasteiger partial charge in [-0.1, -0.05) is 14.9 Å². The van der Waals surface area contributed by atoms with Gasteiger partial charge in [-0.2, -0.15) is 33.5 Å². The van der Waals surface area contributed by atoms with Gasteiger partial charge >= 0.3 is 62.8 Å². The Hall–Kier alpha value is 0.417. The third kappa shape index (κ3) is 11.0. The first-order valence-electron chi connectivity index (χ1n) is 5.89. The molecule has 0 amide bonds. The zero-order chi connectivity index (χ0) is 21.1. The summed E-state index contributed by atoms with van der Waals surface area (Å²) >= 11 is 0. The molecule has 0 spiro atoms. The zero-order valence-corrected chi connectivity index (χ0v) is 17.8. The number of alkyl halides is 8. The van der Waals surface area contributed by atoms with Crippen molar-refractivity contribution in [2.45, 2.75) is 39.0 Å². The number of rotatable bonds is 8. The van der Waals surface area contributed by atoms with Gasteiger partial charge in [0.2, 0.25) is 0 Å².